The number of carbonyl (C=O) groups excluding carboxylic acids is 1. The summed E-state index contributed by atoms with van der Waals surface area (Å²) in [5.74, 6) is 1.47. The number of rotatable bonds is 3. The van der Waals surface area contributed by atoms with Gasteiger partial charge in [-0.15, -0.1) is 0 Å². The van der Waals surface area contributed by atoms with E-state index in [-0.39, 0.29) is 5.91 Å². The summed E-state index contributed by atoms with van der Waals surface area (Å²) in [6.07, 6.45) is 2.22. The Morgan fingerprint density at radius 2 is 2.04 bits per heavy atom. The first-order valence-electron chi connectivity index (χ1n) is 9.41. The number of carbonyl (C=O) groups is 1. The van der Waals surface area contributed by atoms with Crippen molar-refractivity contribution in [2.24, 2.45) is 5.92 Å². The number of amides is 1. The van der Waals surface area contributed by atoms with Crippen LogP contribution in [0.4, 0.5) is 0 Å². The number of piperidine rings is 1. The molecule has 1 aliphatic rings. The summed E-state index contributed by atoms with van der Waals surface area (Å²) in [4.78, 5) is 19.6. The van der Waals surface area contributed by atoms with Gasteiger partial charge in [-0.05, 0) is 43.9 Å². The Hall–Kier alpha value is -2.95. The van der Waals surface area contributed by atoms with E-state index in [4.69, 9.17) is 4.52 Å². The van der Waals surface area contributed by atoms with Crippen molar-refractivity contribution in [3.8, 4) is 22.8 Å². The van der Waals surface area contributed by atoms with Crippen molar-refractivity contribution in [2.45, 2.75) is 26.7 Å². The lowest BCUT2D eigenvalue weighted by Gasteiger charge is -2.31. The van der Waals surface area contributed by atoms with Gasteiger partial charge in [-0.3, -0.25) is 4.79 Å². The van der Waals surface area contributed by atoms with Gasteiger partial charge in [0.2, 0.25) is 5.82 Å². The monoisotopic (exact) mass is 361 g/mol. The molecule has 3 aromatic rings. The van der Waals surface area contributed by atoms with Gasteiger partial charge in [0.05, 0.1) is 11.1 Å². The summed E-state index contributed by atoms with van der Waals surface area (Å²) in [7, 11) is 0. The average molecular weight is 361 g/mol. The highest BCUT2D eigenvalue weighted by Gasteiger charge is 2.25. The molecule has 1 fully saturated rings. The molecule has 0 radical (unpaired) electrons. The molecule has 4 rings (SSSR count). The standard InChI is InChI=1S/C22H23N3O2/c1-15-7-5-9-17(13-15)20-23-21(27-24-20)18-10-3-4-11-19(18)22(26)25-12-6-8-16(2)14-25/h3-5,7,9-11,13,16H,6,8,12,14H2,1-2H3. The lowest BCUT2D eigenvalue weighted by Crippen LogP contribution is -2.39. The van der Waals surface area contributed by atoms with Crippen LogP contribution in [0, 0.1) is 12.8 Å². The Bertz CT molecular complexity index is 963. The molecule has 1 aromatic heterocycles. The molecule has 0 bridgehead atoms. The third-order valence-corrected chi connectivity index (χ3v) is 5.03. The van der Waals surface area contributed by atoms with Crippen LogP contribution in [0.3, 0.4) is 0 Å². The molecule has 5 nitrogen and oxygen atoms in total. The first-order chi connectivity index (χ1) is 13.1. The van der Waals surface area contributed by atoms with Crippen LogP contribution >= 0.6 is 0 Å². The largest absolute Gasteiger partial charge is 0.338 e. The predicted octanol–water partition coefficient (Wildman–Crippen LogP) is 4.58. The summed E-state index contributed by atoms with van der Waals surface area (Å²) >= 11 is 0. The van der Waals surface area contributed by atoms with Crippen LogP contribution in [0.1, 0.15) is 35.7 Å². The van der Waals surface area contributed by atoms with E-state index in [1.54, 1.807) is 0 Å². The second-order valence-electron chi connectivity index (χ2n) is 7.34. The molecule has 0 spiro atoms. The summed E-state index contributed by atoms with van der Waals surface area (Å²) < 4.78 is 5.51. The highest BCUT2D eigenvalue weighted by molar-refractivity contribution is 6.00. The molecule has 0 aliphatic carbocycles. The smallest absolute Gasteiger partial charge is 0.259 e. The molecule has 5 heteroatoms. The quantitative estimate of drug-likeness (QED) is 0.685. The number of aromatic nitrogens is 2. The number of aryl methyl sites for hydroxylation is 1. The molecule has 138 valence electrons. The Kier molecular flexibility index (Phi) is 4.75. The van der Waals surface area contributed by atoms with Crippen molar-refractivity contribution in [1.82, 2.24) is 15.0 Å². The summed E-state index contributed by atoms with van der Waals surface area (Å²) in [6.45, 7) is 5.82. The molecule has 27 heavy (non-hydrogen) atoms. The highest BCUT2D eigenvalue weighted by Crippen LogP contribution is 2.27. The van der Waals surface area contributed by atoms with Crippen LogP contribution < -0.4 is 0 Å². The summed E-state index contributed by atoms with van der Waals surface area (Å²) in [6, 6.07) is 15.4. The van der Waals surface area contributed by atoms with E-state index in [0.717, 1.165) is 30.6 Å². The lowest BCUT2D eigenvalue weighted by molar-refractivity contribution is 0.0683. The summed E-state index contributed by atoms with van der Waals surface area (Å²) in [5.41, 5.74) is 3.34. The Labute approximate surface area is 159 Å². The van der Waals surface area contributed by atoms with Gasteiger partial charge in [-0.1, -0.05) is 48.0 Å². The van der Waals surface area contributed by atoms with Gasteiger partial charge in [-0.2, -0.15) is 4.98 Å². The van der Waals surface area contributed by atoms with Gasteiger partial charge in [0.15, 0.2) is 0 Å². The average Bonchev–Trinajstić information content (AvgIpc) is 3.17. The SMILES string of the molecule is Cc1cccc(-c2noc(-c3ccccc3C(=O)N3CCCC(C)C3)n2)c1. The molecule has 0 saturated carbocycles. The van der Waals surface area contributed by atoms with E-state index in [1.807, 2.05) is 60.4 Å². The first kappa shape index (κ1) is 17.5. The minimum absolute atomic E-state index is 0.0347. The Morgan fingerprint density at radius 1 is 1.19 bits per heavy atom. The van der Waals surface area contributed by atoms with Crippen molar-refractivity contribution in [3.05, 3.63) is 59.7 Å². The molecular weight excluding hydrogens is 338 g/mol. The maximum atomic E-state index is 13.1. The van der Waals surface area contributed by atoms with Gasteiger partial charge in [-0.25, -0.2) is 0 Å². The molecule has 1 amide bonds. The van der Waals surface area contributed by atoms with Gasteiger partial charge in [0.1, 0.15) is 0 Å². The normalized spacial score (nSPS) is 17.1. The first-order valence-corrected chi connectivity index (χ1v) is 9.41. The third-order valence-electron chi connectivity index (χ3n) is 5.03. The third kappa shape index (κ3) is 3.63. The molecule has 2 aromatic carbocycles. The van der Waals surface area contributed by atoms with E-state index in [2.05, 4.69) is 17.1 Å². The molecule has 0 N–H and O–H groups in total. The number of likely N-dealkylation sites (tertiary alicyclic amines) is 1. The van der Waals surface area contributed by atoms with Crippen molar-refractivity contribution in [2.75, 3.05) is 13.1 Å². The van der Waals surface area contributed by atoms with Crippen molar-refractivity contribution in [1.29, 1.82) is 0 Å². The number of nitrogens with zero attached hydrogens (tertiary/aromatic N) is 3. The maximum Gasteiger partial charge on any atom is 0.259 e. The van der Waals surface area contributed by atoms with E-state index in [1.165, 1.54) is 6.42 Å². The van der Waals surface area contributed by atoms with Crippen LogP contribution in [0.2, 0.25) is 0 Å². The molecule has 1 aliphatic heterocycles. The van der Waals surface area contributed by atoms with E-state index >= 15 is 0 Å². The zero-order chi connectivity index (χ0) is 18.8. The van der Waals surface area contributed by atoms with Gasteiger partial charge in [0.25, 0.3) is 11.8 Å². The topological polar surface area (TPSA) is 59.2 Å². The van der Waals surface area contributed by atoms with Crippen molar-refractivity contribution in [3.63, 3.8) is 0 Å². The van der Waals surface area contributed by atoms with Crippen LogP contribution in [0.25, 0.3) is 22.8 Å². The molecule has 2 heterocycles. The predicted molar refractivity (Wildman–Crippen MR) is 104 cm³/mol. The lowest BCUT2D eigenvalue weighted by atomic mass is 9.98. The Morgan fingerprint density at radius 3 is 2.85 bits per heavy atom. The van der Waals surface area contributed by atoms with Crippen LogP contribution in [-0.4, -0.2) is 34.0 Å². The van der Waals surface area contributed by atoms with Gasteiger partial charge in [0, 0.05) is 18.7 Å². The van der Waals surface area contributed by atoms with Gasteiger partial charge < -0.3 is 9.42 Å². The van der Waals surface area contributed by atoms with E-state index < -0.39 is 0 Å². The fourth-order valence-electron chi connectivity index (χ4n) is 3.63. The van der Waals surface area contributed by atoms with Crippen LogP contribution in [0.15, 0.2) is 53.1 Å². The van der Waals surface area contributed by atoms with Crippen molar-refractivity contribution >= 4 is 5.91 Å². The zero-order valence-electron chi connectivity index (χ0n) is 15.7. The molecule has 1 saturated heterocycles. The van der Waals surface area contributed by atoms with Crippen LogP contribution in [-0.2, 0) is 0 Å². The number of benzene rings is 2. The Balaban J connectivity index is 1.66. The molecule has 1 unspecified atom stereocenters. The van der Waals surface area contributed by atoms with E-state index in [0.29, 0.717) is 28.8 Å². The second-order valence-corrected chi connectivity index (χ2v) is 7.34. The molecule has 1 atom stereocenters. The summed E-state index contributed by atoms with van der Waals surface area (Å²) in [5, 5.41) is 4.12. The van der Waals surface area contributed by atoms with Crippen molar-refractivity contribution < 1.29 is 9.32 Å². The highest BCUT2D eigenvalue weighted by atomic mass is 16.5. The maximum absolute atomic E-state index is 13.1. The van der Waals surface area contributed by atoms with Gasteiger partial charge >= 0.3 is 0 Å². The number of hydrogen-bond acceptors (Lipinski definition) is 4. The second kappa shape index (κ2) is 7.35. The fourth-order valence-corrected chi connectivity index (χ4v) is 3.63. The number of hydrogen-bond donors (Lipinski definition) is 0. The van der Waals surface area contributed by atoms with E-state index in [9.17, 15) is 4.79 Å². The molecular formula is C22H23N3O2. The zero-order valence-corrected chi connectivity index (χ0v) is 15.7. The minimum atomic E-state index is 0.0347. The van der Waals surface area contributed by atoms with Crippen LogP contribution in [0.5, 0.6) is 0 Å². The minimum Gasteiger partial charge on any atom is -0.338 e. The fraction of sp³-hybridized carbons (Fsp3) is 0.318.